The maximum absolute atomic E-state index is 3.82. The van der Waals surface area contributed by atoms with E-state index in [-0.39, 0.29) is 0 Å². The first kappa shape index (κ1) is 13.2. The van der Waals surface area contributed by atoms with Crippen LogP contribution in [-0.2, 0) is 0 Å². The van der Waals surface area contributed by atoms with Gasteiger partial charge in [-0.2, -0.15) is 0 Å². The van der Waals surface area contributed by atoms with Crippen LogP contribution < -0.4 is 5.32 Å². The Morgan fingerprint density at radius 2 is 1.84 bits per heavy atom. The minimum Gasteiger partial charge on any atom is -0.310 e. The van der Waals surface area contributed by atoms with Gasteiger partial charge in [0.15, 0.2) is 0 Å². The number of hydrogen-bond acceptors (Lipinski definition) is 1. The average Bonchev–Trinajstić information content (AvgIpc) is 3.01. The molecule has 1 heteroatoms. The van der Waals surface area contributed by atoms with E-state index >= 15 is 0 Å². The molecule has 0 amide bonds. The summed E-state index contributed by atoms with van der Waals surface area (Å²) in [4.78, 5) is 0. The lowest BCUT2D eigenvalue weighted by atomic mass is 9.88. The summed E-state index contributed by atoms with van der Waals surface area (Å²) < 4.78 is 0. The second-order valence-corrected chi connectivity index (χ2v) is 6.76. The zero-order valence-electron chi connectivity index (χ0n) is 12.6. The van der Waals surface area contributed by atoms with Crippen molar-refractivity contribution >= 4 is 0 Å². The molecular weight excluding hydrogens is 230 g/mol. The average molecular weight is 257 g/mol. The standard InChI is InChI=1S/C18H27N/c1-4-7-19-18(17-10-15-9-16(15)11-17)14-6-5-12(2)13(3)8-14/h5-6,8,15-19H,4,7,9-11H2,1-3H3. The first-order valence-electron chi connectivity index (χ1n) is 7.99. The van der Waals surface area contributed by atoms with Crippen LogP contribution >= 0.6 is 0 Å². The van der Waals surface area contributed by atoms with Crippen molar-refractivity contribution in [3.8, 4) is 0 Å². The van der Waals surface area contributed by atoms with Gasteiger partial charge in [0.1, 0.15) is 0 Å². The molecule has 2 fully saturated rings. The second kappa shape index (κ2) is 5.28. The van der Waals surface area contributed by atoms with Gasteiger partial charge >= 0.3 is 0 Å². The summed E-state index contributed by atoms with van der Waals surface area (Å²) >= 11 is 0. The molecule has 3 rings (SSSR count). The first-order valence-corrected chi connectivity index (χ1v) is 7.99. The molecule has 0 saturated heterocycles. The molecule has 1 N–H and O–H groups in total. The molecular formula is C18H27N. The number of fused-ring (bicyclic) bond motifs is 1. The fourth-order valence-corrected chi connectivity index (χ4v) is 3.85. The Kier molecular flexibility index (Phi) is 3.66. The van der Waals surface area contributed by atoms with Gasteiger partial charge in [0.05, 0.1) is 0 Å². The Balaban J connectivity index is 1.78. The van der Waals surface area contributed by atoms with E-state index in [1.807, 2.05) is 0 Å². The summed E-state index contributed by atoms with van der Waals surface area (Å²) in [7, 11) is 0. The minimum atomic E-state index is 0.590. The van der Waals surface area contributed by atoms with Crippen molar-refractivity contribution in [1.82, 2.24) is 5.32 Å². The van der Waals surface area contributed by atoms with Crippen LogP contribution in [0.25, 0.3) is 0 Å². The van der Waals surface area contributed by atoms with Crippen LogP contribution in [-0.4, -0.2) is 6.54 Å². The number of hydrogen-bond donors (Lipinski definition) is 1. The Morgan fingerprint density at radius 1 is 1.11 bits per heavy atom. The van der Waals surface area contributed by atoms with Crippen molar-refractivity contribution in [3.05, 3.63) is 34.9 Å². The van der Waals surface area contributed by atoms with Crippen molar-refractivity contribution in [3.63, 3.8) is 0 Å². The normalized spacial score (nSPS) is 30.2. The van der Waals surface area contributed by atoms with E-state index in [4.69, 9.17) is 0 Å². The van der Waals surface area contributed by atoms with Crippen LogP contribution in [0.1, 0.15) is 55.3 Å². The number of rotatable bonds is 5. The molecule has 1 aromatic carbocycles. The van der Waals surface area contributed by atoms with Crippen molar-refractivity contribution in [2.75, 3.05) is 6.54 Å². The van der Waals surface area contributed by atoms with Gasteiger partial charge in [0.2, 0.25) is 0 Å². The van der Waals surface area contributed by atoms with Crippen LogP contribution in [0.15, 0.2) is 18.2 Å². The molecule has 104 valence electrons. The van der Waals surface area contributed by atoms with Gasteiger partial charge in [-0.1, -0.05) is 25.1 Å². The van der Waals surface area contributed by atoms with Crippen molar-refractivity contribution in [2.45, 2.75) is 52.5 Å². The molecule has 0 spiro atoms. The Hall–Kier alpha value is -0.820. The van der Waals surface area contributed by atoms with Crippen LogP contribution in [0.3, 0.4) is 0 Å². The van der Waals surface area contributed by atoms with E-state index in [1.54, 1.807) is 0 Å². The molecule has 2 aliphatic carbocycles. The van der Waals surface area contributed by atoms with E-state index in [1.165, 1.54) is 42.4 Å². The van der Waals surface area contributed by atoms with Crippen LogP contribution in [0, 0.1) is 31.6 Å². The quantitative estimate of drug-likeness (QED) is 0.825. The maximum atomic E-state index is 3.82. The fraction of sp³-hybridized carbons (Fsp3) is 0.667. The van der Waals surface area contributed by atoms with Crippen molar-refractivity contribution in [1.29, 1.82) is 0 Å². The first-order chi connectivity index (χ1) is 9.19. The van der Waals surface area contributed by atoms with Crippen LogP contribution in [0.5, 0.6) is 0 Å². The third-order valence-corrected chi connectivity index (χ3v) is 5.26. The van der Waals surface area contributed by atoms with Gasteiger partial charge in [-0.15, -0.1) is 0 Å². The molecule has 1 nitrogen and oxygen atoms in total. The number of aryl methyl sites for hydroxylation is 2. The highest BCUT2D eigenvalue weighted by molar-refractivity contribution is 5.32. The van der Waals surface area contributed by atoms with Gasteiger partial charge in [-0.05, 0) is 80.5 Å². The highest BCUT2D eigenvalue weighted by Gasteiger charge is 2.47. The lowest BCUT2D eigenvalue weighted by Crippen LogP contribution is -2.28. The van der Waals surface area contributed by atoms with Crippen molar-refractivity contribution in [2.24, 2.45) is 17.8 Å². The Bertz CT molecular complexity index is 441. The highest BCUT2D eigenvalue weighted by Crippen LogP contribution is 2.57. The molecule has 2 aliphatic rings. The molecule has 0 heterocycles. The summed E-state index contributed by atoms with van der Waals surface area (Å²) in [5, 5.41) is 3.82. The Morgan fingerprint density at radius 3 is 2.47 bits per heavy atom. The molecule has 0 bridgehead atoms. The summed E-state index contributed by atoms with van der Waals surface area (Å²) in [6.07, 6.45) is 5.66. The zero-order valence-corrected chi connectivity index (χ0v) is 12.6. The van der Waals surface area contributed by atoms with E-state index in [0.29, 0.717) is 6.04 Å². The summed E-state index contributed by atoms with van der Waals surface area (Å²) in [5.41, 5.74) is 4.36. The third kappa shape index (κ3) is 2.72. The molecule has 0 aliphatic heterocycles. The third-order valence-electron chi connectivity index (χ3n) is 5.26. The fourth-order valence-electron chi connectivity index (χ4n) is 3.85. The minimum absolute atomic E-state index is 0.590. The van der Waals surface area contributed by atoms with Gasteiger partial charge in [0.25, 0.3) is 0 Å². The zero-order chi connectivity index (χ0) is 13.4. The van der Waals surface area contributed by atoms with Gasteiger partial charge in [-0.3, -0.25) is 0 Å². The lowest BCUT2D eigenvalue weighted by Gasteiger charge is -2.27. The molecule has 3 unspecified atom stereocenters. The van der Waals surface area contributed by atoms with E-state index in [2.05, 4.69) is 44.3 Å². The highest BCUT2D eigenvalue weighted by atomic mass is 14.9. The number of nitrogens with one attached hydrogen (secondary N) is 1. The Labute approximate surface area is 117 Å². The topological polar surface area (TPSA) is 12.0 Å². The predicted molar refractivity (Wildman–Crippen MR) is 81.3 cm³/mol. The SMILES string of the molecule is CCCNC(c1ccc(C)c(C)c1)C1CC2CC2C1. The molecule has 2 saturated carbocycles. The van der Waals surface area contributed by atoms with Gasteiger partial charge in [0, 0.05) is 6.04 Å². The summed E-state index contributed by atoms with van der Waals surface area (Å²) in [6, 6.07) is 7.64. The maximum Gasteiger partial charge on any atom is 0.0348 e. The van der Waals surface area contributed by atoms with Crippen molar-refractivity contribution < 1.29 is 0 Å². The van der Waals surface area contributed by atoms with Crippen LogP contribution in [0.4, 0.5) is 0 Å². The molecule has 1 aromatic rings. The van der Waals surface area contributed by atoms with Gasteiger partial charge < -0.3 is 5.32 Å². The smallest absolute Gasteiger partial charge is 0.0348 e. The monoisotopic (exact) mass is 257 g/mol. The summed E-state index contributed by atoms with van der Waals surface area (Å²) in [6.45, 7) is 7.85. The van der Waals surface area contributed by atoms with Gasteiger partial charge in [-0.25, -0.2) is 0 Å². The van der Waals surface area contributed by atoms with E-state index in [0.717, 1.165) is 24.3 Å². The second-order valence-electron chi connectivity index (χ2n) is 6.76. The molecule has 0 radical (unpaired) electrons. The largest absolute Gasteiger partial charge is 0.310 e. The molecule has 3 atom stereocenters. The number of benzene rings is 1. The molecule has 19 heavy (non-hydrogen) atoms. The summed E-state index contributed by atoms with van der Waals surface area (Å²) in [5.74, 6) is 3.02. The van der Waals surface area contributed by atoms with E-state index in [9.17, 15) is 0 Å². The molecule has 0 aromatic heterocycles. The van der Waals surface area contributed by atoms with Crippen LogP contribution in [0.2, 0.25) is 0 Å². The lowest BCUT2D eigenvalue weighted by molar-refractivity contribution is 0.341. The predicted octanol–water partition coefficient (Wildman–Crippen LogP) is 4.39. The van der Waals surface area contributed by atoms with E-state index < -0.39 is 0 Å².